The maximum absolute atomic E-state index is 13.2. The molecule has 0 unspecified atom stereocenters. The number of amides is 2. The summed E-state index contributed by atoms with van der Waals surface area (Å²) in [7, 11) is 0. The first-order valence-electron chi connectivity index (χ1n) is 9.87. The highest BCUT2D eigenvalue weighted by atomic mass is 16.3. The van der Waals surface area contributed by atoms with Crippen LogP contribution in [0.2, 0.25) is 0 Å². The molecule has 7 heteroatoms. The van der Waals surface area contributed by atoms with E-state index in [1.54, 1.807) is 30.5 Å². The van der Waals surface area contributed by atoms with Gasteiger partial charge in [0.2, 0.25) is 0 Å². The Bertz CT molecular complexity index is 970. The van der Waals surface area contributed by atoms with Gasteiger partial charge in [-0.1, -0.05) is 31.0 Å². The number of nitrogens with zero attached hydrogens (tertiary/aromatic N) is 2. The van der Waals surface area contributed by atoms with Crippen LogP contribution in [-0.4, -0.2) is 34.8 Å². The Labute approximate surface area is 168 Å². The summed E-state index contributed by atoms with van der Waals surface area (Å²) in [5, 5.41) is 2.77. The summed E-state index contributed by atoms with van der Waals surface area (Å²) in [6.07, 6.45) is 7.09. The van der Waals surface area contributed by atoms with Crippen molar-refractivity contribution in [2.75, 3.05) is 13.1 Å². The van der Waals surface area contributed by atoms with Crippen molar-refractivity contribution in [3.63, 3.8) is 0 Å². The molecule has 1 N–H and O–H groups in total. The van der Waals surface area contributed by atoms with Gasteiger partial charge in [-0.05, 0) is 31.0 Å². The molecule has 0 atom stereocenters. The van der Waals surface area contributed by atoms with Gasteiger partial charge in [0.25, 0.3) is 11.8 Å². The number of benzene rings is 1. The molecular weight excluding hydrogens is 370 g/mol. The Hall–Kier alpha value is -3.35. The van der Waals surface area contributed by atoms with Crippen molar-refractivity contribution in [2.45, 2.75) is 32.2 Å². The number of carbonyl (C=O) groups is 2. The highest BCUT2D eigenvalue weighted by molar-refractivity contribution is 6.04. The highest BCUT2D eigenvalue weighted by Gasteiger charge is 2.25. The molecule has 1 aromatic carbocycles. The predicted octanol–water partition coefficient (Wildman–Crippen LogP) is 3.88. The van der Waals surface area contributed by atoms with E-state index >= 15 is 0 Å². The van der Waals surface area contributed by atoms with Crippen molar-refractivity contribution >= 4 is 11.8 Å². The zero-order valence-corrected chi connectivity index (χ0v) is 16.1. The molecule has 2 aromatic heterocycles. The molecule has 1 aliphatic rings. The molecule has 0 spiro atoms. The van der Waals surface area contributed by atoms with E-state index in [9.17, 15) is 9.59 Å². The van der Waals surface area contributed by atoms with Crippen LogP contribution < -0.4 is 5.32 Å². The van der Waals surface area contributed by atoms with E-state index in [1.165, 1.54) is 6.39 Å². The Morgan fingerprint density at radius 3 is 2.55 bits per heavy atom. The molecular formula is C22H23N3O4. The lowest BCUT2D eigenvalue weighted by Crippen LogP contribution is -2.32. The van der Waals surface area contributed by atoms with Gasteiger partial charge >= 0.3 is 0 Å². The van der Waals surface area contributed by atoms with E-state index in [0.717, 1.165) is 38.8 Å². The van der Waals surface area contributed by atoms with Gasteiger partial charge in [0.1, 0.15) is 5.76 Å². The fourth-order valence-corrected chi connectivity index (χ4v) is 3.58. The van der Waals surface area contributed by atoms with Gasteiger partial charge in [-0.25, -0.2) is 4.98 Å². The van der Waals surface area contributed by atoms with Crippen LogP contribution >= 0.6 is 0 Å². The fourth-order valence-electron chi connectivity index (χ4n) is 3.58. The Balaban J connectivity index is 1.59. The molecule has 0 radical (unpaired) electrons. The lowest BCUT2D eigenvalue weighted by atomic mass is 10.0. The van der Waals surface area contributed by atoms with Crippen LogP contribution in [0.15, 0.2) is 57.9 Å². The zero-order chi connectivity index (χ0) is 20.1. The smallest absolute Gasteiger partial charge is 0.274 e. The summed E-state index contributed by atoms with van der Waals surface area (Å²) in [4.78, 5) is 31.8. The second-order valence-corrected chi connectivity index (χ2v) is 7.04. The van der Waals surface area contributed by atoms with Gasteiger partial charge in [0.15, 0.2) is 17.8 Å². The van der Waals surface area contributed by atoms with Crippen molar-refractivity contribution < 1.29 is 18.4 Å². The Morgan fingerprint density at radius 2 is 1.79 bits per heavy atom. The molecule has 0 bridgehead atoms. The van der Waals surface area contributed by atoms with Crippen molar-refractivity contribution in [1.29, 1.82) is 0 Å². The van der Waals surface area contributed by atoms with Crippen LogP contribution in [0.1, 0.15) is 52.3 Å². The topological polar surface area (TPSA) is 88.6 Å². The summed E-state index contributed by atoms with van der Waals surface area (Å²) in [5.74, 6) is 0.504. The number of rotatable bonds is 5. The average Bonchev–Trinajstić information content (AvgIpc) is 3.38. The Morgan fingerprint density at radius 1 is 1.00 bits per heavy atom. The predicted molar refractivity (Wildman–Crippen MR) is 106 cm³/mol. The lowest BCUT2D eigenvalue weighted by molar-refractivity contribution is 0.0761. The molecule has 1 aliphatic heterocycles. The quantitative estimate of drug-likeness (QED) is 0.711. The highest BCUT2D eigenvalue weighted by Crippen LogP contribution is 2.28. The number of furan rings is 1. The van der Waals surface area contributed by atoms with Crippen LogP contribution in [0.3, 0.4) is 0 Å². The summed E-state index contributed by atoms with van der Waals surface area (Å²) >= 11 is 0. The average molecular weight is 393 g/mol. The van der Waals surface area contributed by atoms with E-state index in [4.69, 9.17) is 8.83 Å². The third-order valence-electron chi connectivity index (χ3n) is 5.08. The van der Waals surface area contributed by atoms with E-state index in [2.05, 4.69) is 10.3 Å². The molecule has 0 saturated carbocycles. The SMILES string of the molecule is O=C(NCc1ccco1)c1ncoc1-c1ccccc1C(=O)N1CCCCCC1. The van der Waals surface area contributed by atoms with Crippen LogP contribution in [0, 0.1) is 0 Å². The van der Waals surface area contributed by atoms with Crippen molar-refractivity contribution in [1.82, 2.24) is 15.2 Å². The lowest BCUT2D eigenvalue weighted by Gasteiger charge is -2.21. The number of aromatic nitrogens is 1. The normalized spacial score (nSPS) is 14.4. The van der Waals surface area contributed by atoms with Crippen LogP contribution in [-0.2, 0) is 6.54 Å². The van der Waals surface area contributed by atoms with Gasteiger partial charge in [-0.15, -0.1) is 0 Å². The number of nitrogens with one attached hydrogen (secondary N) is 1. The van der Waals surface area contributed by atoms with E-state index < -0.39 is 0 Å². The van der Waals surface area contributed by atoms with Gasteiger partial charge in [-0.3, -0.25) is 9.59 Å². The molecule has 1 fully saturated rings. The molecule has 7 nitrogen and oxygen atoms in total. The molecule has 1 saturated heterocycles. The molecule has 3 heterocycles. The first-order valence-corrected chi connectivity index (χ1v) is 9.87. The number of carbonyl (C=O) groups excluding carboxylic acids is 2. The fraction of sp³-hybridized carbons (Fsp3) is 0.318. The van der Waals surface area contributed by atoms with Gasteiger partial charge in [0, 0.05) is 18.7 Å². The molecule has 150 valence electrons. The summed E-state index contributed by atoms with van der Waals surface area (Å²) < 4.78 is 10.8. The molecule has 3 aromatic rings. The Kier molecular flexibility index (Phi) is 5.74. The van der Waals surface area contributed by atoms with E-state index in [1.807, 2.05) is 17.0 Å². The molecule has 2 amide bonds. The van der Waals surface area contributed by atoms with Crippen LogP contribution in [0.25, 0.3) is 11.3 Å². The van der Waals surface area contributed by atoms with Gasteiger partial charge in [-0.2, -0.15) is 0 Å². The van der Waals surface area contributed by atoms with Crippen molar-refractivity contribution in [3.05, 3.63) is 66.1 Å². The number of hydrogen-bond acceptors (Lipinski definition) is 5. The van der Waals surface area contributed by atoms with Crippen molar-refractivity contribution in [2.24, 2.45) is 0 Å². The van der Waals surface area contributed by atoms with E-state index in [0.29, 0.717) is 22.6 Å². The summed E-state index contributed by atoms with van der Waals surface area (Å²) in [5.41, 5.74) is 1.24. The van der Waals surface area contributed by atoms with Crippen molar-refractivity contribution in [3.8, 4) is 11.3 Å². The van der Waals surface area contributed by atoms with Crippen LogP contribution in [0.5, 0.6) is 0 Å². The summed E-state index contributed by atoms with van der Waals surface area (Å²) in [6.45, 7) is 1.74. The molecule has 0 aliphatic carbocycles. The minimum absolute atomic E-state index is 0.0409. The number of oxazole rings is 1. The second kappa shape index (κ2) is 8.77. The van der Waals surface area contributed by atoms with Crippen LogP contribution in [0.4, 0.5) is 0 Å². The third kappa shape index (κ3) is 4.23. The first kappa shape index (κ1) is 19.0. The first-order chi connectivity index (χ1) is 14.2. The summed E-state index contributed by atoms with van der Waals surface area (Å²) in [6, 6.07) is 10.7. The third-order valence-corrected chi connectivity index (χ3v) is 5.08. The van der Waals surface area contributed by atoms with Gasteiger partial charge in [0.05, 0.1) is 18.4 Å². The maximum Gasteiger partial charge on any atom is 0.274 e. The molecule has 4 rings (SSSR count). The standard InChI is InChI=1S/C22H23N3O4/c26-21(23-14-16-8-7-13-28-16)19-20(29-15-24-19)17-9-3-4-10-18(17)22(27)25-11-5-1-2-6-12-25/h3-4,7-10,13,15H,1-2,5-6,11-12,14H2,(H,23,26). The zero-order valence-electron chi connectivity index (χ0n) is 16.1. The number of hydrogen-bond donors (Lipinski definition) is 1. The molecule has 29 heavy (non-hydrogen) atoms. The maximum atomic E-state index is 13.2. The minimum atomic E-state index is -0.387. The largest absolute Gasteiger partial charge is 0.467 e. The van der Waals surface area contributed by atoms with E-state index in [-0.39, 0.29) is 24.1 Å². The van der Waals surface area contributed by atoms with Gasteiger partial charge < -0.3 is 19.1 Å². The minimum Gasteiger partial charge on any atom is -0.467 e. The number of likely N-dealkylation sites (tertiary alicyclic amines) is 1. The second-order valence-electron chi connectivity index (χ2n) is 7.04. The monoisotopic (exact) mass is 393 g/mol.